The van der Waals surface area contributed by atoms with Gasteiger partial charge in [0.25, 0.3) is 5.91 Å². The Hall–Kier alpha value is -3.82. The number of aromatic hydroxyl groups is 1. The Labute approximate surface area is 187 Å². The van der Waals surface area contributed by atoms with Crippen LogP contribution in [0.2, 0.25) is 0 Å². The normalized spacial score (nSPS) is 17.6. The van der Waals surface area contributed by atoms with Crippen LogP contribution in [-0.2, 0) is 20.7 Å². The number of benzene rings is 2. The number of esters is 1. The molecule has 6 nitrogen and oxygen atoms in total. The van der Waals surface area contributed by atoms with Gasteiger partial charge >= 0.3 is 5.97 Å². The number of hydrogen-bond donors (Lipinski definition) is 2. The van der Waals surface area contributed by atoms with Crippen molar-refractivity contribution in [2.45, 2.75) is 25.4 Å². The summed E-state index contributed by atoms with van der Waals surface area (Å²) >= 11 is 0. The molecule has 2 N–H and O–H groups in total. The maximum atomic E-state index is 12.8. The molecule has 6 heteroatoms. The number of phenolic OH excluding ortho intramolecular Hbond substituents is 1. The second-order valence-corrected chi connectivity index (χ2v) is 7.11. The van der Waals surface area contributed by atoms with Crippen molar-refractivity contribution in [2.75, 3.05) is 13.2 Å². The van der Waals surface area contributed by atoms with Crippen molar-refractivity contribution >= 4 is 11.9 Å². The van der Waals surface area contributed by atoms with Gasteiger partial charge in [-0.1, -0.05) is 54.5 Å². The lowest BCUT2D eigenvalue weighted by molar-refractivity contribution is -0.114. The molecule has 1 aliphatic heterocycles. The number of carbonyl (C=O) groups excluding carboxylic acids is 2. The highest BCUT2D eigenvalue weighted by Crippen LogP contribution is 2.24. The van der Waals surface area contributed by atoms with Gasteiger partial charge < -0.3 is 19.9 Å². The van der Waals surface area contributed by atoms with E-state index < -0.39 is 18.0 Å². The Bertz CT molecular complexity index is 1050. The van der Waals surface area contributed by atoms with Gasteiger partial charge in [-0.2, -0.15) is 0 Å². The summed E-state index contributed by atoms with van der Waals surface area (Å²) in [6.45, 7) is 0.874. The van der Waals surface area contributed by atoms with E-state index >= 15 is 0 Å². The minimum Gasteiger partial charge on any atom is -0.507 e. The summed E-state index contributed by atoms with van der Waals surface area (Å²) in [5.74, 6) is 4.18. The lowest BCUT2D eigenvalue weighted by atomic mass is 10.0. The first-order chi connectivity index (χ1) is 15.6. The molecule has 0 spiro atoms. The number of nitrogens with one attached hydrogen (secondary N) is 1. The third-order valence-corrected chi connectivity index (χ3v) is 4.73. The number of fused-ring (bicyclic) bond motifs is 1. The van der Waals surface area contributed by atoms with Crippen LogP contribution < -0.4 is 5.32 Å². The van der Waals surface area contributed by atoms with Crippen molar-refractivity contribution in [1.29, 1.82) is 0 Å². The summed E-state index contributed by atoms with van der Waals surface area (Å²) < 4.78 is 11.2. The monoisotopic (exact) mass is 431 g/mol. The van der Waals surface area contributed by atoms with Crippen LogP contribution in [0.5, 0.6) is 5.75 Å². The van der Waals surface area contributed by atoms with Gasteiger partial charge in [0.05, 0.1) is 13.2 Å². The number of cyclic esters (lactones) is 1. The van der Waals surface area contributed by atoms with Gasteiger partial charge in [0.2, 0.25) is 0 Å². The molecular weight excluding hydrogens is 406 g/mol. The second kappa shape index (κ2) is 12.1. The Balaban J connectivity index is 1.61. The van der Waals surface area contributed by atoms with Gasteiger partial charge in [0, 0.05) is 30.5 Å². The van der Waals surface area contributed by atoms with Crippen molar-refractivity contribution in [3.05, 3.63) is 89.6 Å². The molecule has 0 saturated heterocycles. The van der Waals surface area contributed by atoms with Crippen LogP contribution in [0, 0.1) is 11.8 Å². The van der Waals surface area contributed by atoms with Crippen molar-refractivity contribution in [1.82, 2.24) is 5.32 Å². The summed E-state index contributed by atoms with van der Waals surface area (Å²) in [5.41, 5.74) is 1.62. The Morgan fingerprint density at radius 1 is 1.16 bits per heavy atom. The van der Waals surface area contributed by atoms with Crippen LogP contribution in [0.4, 0.5) is 0 Å². The second-order valence-electron chi connectivity index (χ2n) is 7.11. The minimum atomic E-state index is -0.580. The summed E-state index contributed by atoms with van der Waals surface area (Å²) in [6, 6.07) is 14.2. The number of rotatable bonds is 3. The van der Waals surface area contributed by atoms with Crippen LogP contribution >= 0.6 is 0 Å². The molecule has 3 rings (SSSR count). The van der Waals surface area contributed by atoms with Crippen LogP contribution in [0.3, 0.4) is 0 Å². The Kier molecular flexibility index (Phi) is 8.67. The van der Waals surface area contributed by atoms with Gasteiger partial charge in [0.1, 0.15) is 17.4 Å². The molecule has 0 saturated carbocycles. The smallest absolute Gasteiger partial charge is 0.342 e. The lowest BCUT2D eigenvalue weighted by Crippen LogP contribution is -2.21. The van der Waals surface area contributed by atoms with E-state index in [1.54, 1.807) is 18.2 Å². The maximum Gasteiger partial charge on any atom is 0.342 e. The molecule has 2 aromatic rings. The molecule has 0 fully saturated rings. The van der Waals surface area contributed by atoms with Crippen LogP contribution in [0.1, 0.15) is 34.3 Å². The van der Waals surface area contributed by atoms with Crippen LogP contribution in [0.25, 0.3) is 0 Å². The largest absolute Gasteiger partial charge is 0.507 e. The molecule has 0 unspecified atom stereocenters. The fourth-order valence-corrected chi connectivity index (χ4v) is 3.11. The van der Waals surface area contributed by atoms with E-state index in [0.717, 1.165) is 5.56 Å². The molecule has 164 valence electrons. The van der Waals surface area contributed by atoms with E-state index in [4.69, 9.17) is 9.47 Å². The molecule has 0 bridgehead atoms. The molecule has 1 amide bonds. The average Bonchev–Trinajstić information content (AvgIpc) is 2.79. The number of hydrogen-bond acceptors (Lipinski definition) is 5. The summed E-state index contributed by atoms with van der Waals surface area (Å²) in [7, 11) is 0. The predicted octanol–water partition coefficient (Wildman–Crippen LogP) is 3.51. The highest BCUT2D eigenvalue weighted by molar-refractivity contribution is 5.95. The standard InChI is InChI=1S/C26H25NO5/c28-23-13-6-11-21-10-4-5-18-31-19-16-22(32-26(30)25(21)23)12-7-17-27-24(29)15-14-20-8-2-1-3-9-20/h1-9,11,13,17,22,28H,10,12,16,18-19H2,(H,27,29)/b5-4-,17-7+/t22-/m0/s1. The van der Waals surface area contributed by atoms with E-state index in [1.165, 1.54) is 12.3 Å². The first-order valence-corrected chi connectivity index (χ1v) is 10.4. The van der Waals surface area contributed by atoms with E-state index in [1.807, 2.05) is 42.5 Å². The zero-order valence-corrected chi connectivity index (χ0v) is 17.6. The maximum absolute atomic E-state index is 12.8. The summed E-state index contributed by atoms with van der Waals surface area (Å²) in [6.07, 6.45) is 7.86. The Morgan fingerprint density at radius 2 is 2.00 bits per heavy atom. The summed E-state index contributed by atoms with van der Waals surface area (Å²) in [5, 5.41) is 12.8. The molecular formula is C26H25NO5. The van der Waals surface area contributed by atoms with Crippen molar-refractivity contribution < 1.29 is 24.2 Å². The fraction of sp³-hybridized carbons (Fsp3) is 0.231. The van der Waals surface area contributed by atoms with E-state index in [0.29, 0.717) is 38.0 Å². The van der Waals surface area contributed by atoms with Crippen LogP contribution in [0.15, 0.2) is 73.0 Å². The highest BCUT2D eigenvalue weighted by atomic mass is 16.5. The minimum absolute atomic E-state index is 0.104. The lowest BCUT2D eigenvalue weighted by Gasteiger charge is -2.18. The molecule has 2 aromatic carbocycles. The van der Waals surface area contributed by atoms with Crippen molar-refractivity contribution in [3.8, 4) is 17.6 Å². The fourth-order valence-electron chi connectivity index (χ4n) is 3.11. The molecule has 1 heterocycles. The number of carbonyl (C=O) groups is 2. The number of allylic oxidation sites excluding steroid dienone is 1. The van der Waals surface area contributed by atoms with Gasteiger partial charge in [-0.15, -0.1) is 0 Å². The number of amides is 1. The van der Waals surface area contributed by atoms with E-state index in [-0.39, 0.29) is 11.3 Å². The quantitative estimate of drug-likeness (QED) is 0.441. The summed E-state index contributed by atoms with van der Waals surface area (Å²) in [4.78, 5) is 24.6. The Morgan fingerprint density at radius 3 is 2.84 bits per heavy atom. The highest BCUT2D eigenvalue weighted by Gasteiger charge is 2.21. The first-order valence-electron chi connectivity index (χ1n) is 10.4. The van der Waals surface area contributed by atoms with Crippen molar-refractivity contribution in [3.63, 3.8) is 0 Å². The third-order valence-electron chi connectivity index (χ3n) is 4.73. The average molecular weight is 431 g/mol. The number of ether oxygens (including phenoxy) is 2. The third kappa shape index (κ3) is 7.15. The zero-order valence-electron chi connectivity index (χ0n) is 17.6. The molecule has 32 heavy (non-hydrogen) atoms. The SMILES string of the molecule is O=C(C#Cc1ccccc1)N/C=C/C[C@H]1CCOC/C=C\Cc2cccc(O)c2C(=O)O1. The topological polar surface area (TPSA) is 84.9 Å². The molecule has 0 radical (unpaired) electrons. The van der Waals surface area contributed by atoms with Gasteiger partial charge in [-0.25, -0.2) is 4.79 Å². The molecule has 0 aromatic heterocycles. The van der Waals surface area contributed by atoms with Gasteiger partial charge in [-0.3, -0.25) is 4.79 Å². The van der Waals surface area contributed by atoms with Gasteiger partial charge in [-0.05, 0) is 30.2 Å². The van der Waals surface area contributed by atoms with E-state index in [2.05, 4.69) is 17.2 Å². The first kappa shape index (κ1) is 22.9. The molecule has 0 aliphatic carbocycles. The molecule has 1 atom stereocenters. The zero-order chi connectivity index (χ0) is 22.6. The van der Waals surface area contributed by atoms with E-state index in [9.17, 15) is 14.7 Å². The number of phenols is 1. The van der Waals surface area contributed by atoms with Crippen LogP contribution in [-0.4, -0.2) is 36.3 Å². The van der Waals surface area contributed by atoms with Gasteiger partial charge in [0.15, 0.2) is 0 Å². The molecule has 1 aliphatic rings. The van der Waals surface area contributed by atoms with Crippen molar-refractivity contribution in [2.24, 2.45) is 0 Å². The predicted molar refractivity (Wildman–Crippen MR) is 121 cm³/mol.